The van der Waals surface area contributed by atoms with Crippen molar-refractivity contribution in [2.24, 2.45) is 4.99 Å². The molecule has 1 N–H and O–H groups in total. The van der Waals surface area contributed by atoms with Gasteiger partial charge in [0.05, 0.1) is 19.3 Å². The molecule has 1 amide bonds. The molecule has 0 radical (unpaired) electrons. The van der Waals surface area contributed by atoms with Gasteiger partial charge in [-0.05, 0) is 23.6 Å². The summed E-state index contributed by atoms with van der Waals surface area (Å²) in [5.74, 6) is 0. The number of rotatable bonds is 8. The first kappa shape index (κ1) is 19.1. The van der Waals surface area contributed by atoms with Crippen molar-refractivity contribution in [2.45, 2.75) is 13.0 Å². The molecule has 0 aliphatic carbocycles. The second-order valence-corrected chi connectivity index (χ2v) is 6.06. The smallest absolute Gasteiger partial charge is 0.207 e. The van der Waals surface area contributed by atoms with Crippen LogP contribution in [0.4, 0.5) is 0 Å². The molecule has 1 fully saturated rings. The monoisotopic (exact) mass is 341 g/mol. The Labute approximate surface area is 150 Å². The summed E-state index contributed by atoms with van der Waals surface area (Å²) in [6.45, 7) is 9.93. The number of carbonyl (C=O) groups is 1. The lowest BCUT2D eigenvalue weighted by molar-refractivity contribution is -0.110. The van der Waals surface area contributed by atoms with E-state index >= 15 is 0 Å². The Balaban J connectivity index is 2.19. The third-order valence-electron chi connectivity index (χ3n) is 4.43. The lowest BCUT2D eigenvalue weighted by atomic mass is 9.98. The van der Waals surface area contributed by atoms with Crippen molar-refractivity contribution in [1.82, 2.24) is 10.2 Å². The van der Waals surface area contributed by atoms with E-state index < -0.39 is 0 Å². The molecule has 0 saturated carbocycles. The standard InChI is InChI=1S/C20H27N3O2/c1-4-16(2)19(13-21-3)17-5-7-18(8-6-17)20(22-15-24)14-23-9-11-25-12-10-23/h4-8,13,15,20H,1,9-12,14H2,2-3H3,(H,22,24)/b19-16+,21-13?. The highest BCUT2D eigenvalue weighted by Crippen LogP contribution is 2.21. The first-order valence-corrected chi connectivity index (χ1v) is 8.55. The van der Waals surface area contributed by atoms with Crippen molar-refractivity contribution >= 4 is 18.2 Å². The molecule has 1 aromatic rings. The minimum Gasteiger partial charge on any atom is -0.379 e. The zero-order chi connectivity index (χ0) is 18.1. The zero-order valence-corrected chi connectivity index (χ0v) is 15.1. The molecule has 2 rings (SSSR count). The summed E-state index contributed by atoms with van der Waals surface area (Å²) < 4.78 is 5.39. The molecule has 25 heavy (non-hydrogen) atoms. The van der Waals surface area contributed by atoms with Crippen LogP contribution in [0.3, 0.4) is 0 Å². The molecule has 0 spiro atoms. The Hall–Kier alpha value is -2.24. The van der Waals surface area contributed by atoms with Crippen LogP contribution in [-0.2, 0) is 9.53 Å². The van der Waals surface area contributed by atoms with Crippen LogP contribution in [0.5, 0.6) is 0 Å². The van der Waals surface area contributed by atoms with E-state index in [-0.39, 0.29) is 6.04 Å². The molecule has 0 bridgehead atoms. The molecule has 134 valence electrons. The lowest BCUT2D eigenvalue weighted by Crippen LogP contribution is -2.41. The quantitative estimate of drug-likeness (QED) is 0.449. The first-order chi connectivity index (χ1) is 12.2. The molecular weight excluding hydrogens is 314 g/mol. The van der Waals surface area contributed by atoms with Gasteiger partial charge in [0.15, 0.2) is 0 Å². The molecule has 1 heterocycles. The highest BCUT2D eigenvalue weighted by atomic mass is 16.5. The van der Waals surface area contributed by atoms with Crippen LogP contribution in [0.25, 0.3) is 5.57 Å². The van der Waals surface area contributed by atoms with Crippen LogP contribution in [-0.4, -0.2) is 57.4 Å². The van der Waals surface area contributed by atoms with Gasteiger partial charge in [0.2, 0.25) is 6.41 Å². The number of aliphatic imine (C=N–C) groups is 1. The van der Waals surface area contributed by atoms with Crippen molar-refractivity contribution in [2.75, 3.05) is 39.9 Å². The second kappa shape index (κ2) is 9.91. The number of hydrogen-bond acceptors (Lipinski definition) is 4. The van der Waals surface area contributed by atoms with Gasteiger partial charge in [0, 0.05) is 38.5 Å². The second-order valence-electron chi connectivity index (χ2n) is 6.06. The predicted molar refractivity (Wildman–Crippen MR) is 103 cm³/mol. The Morgan fingerprint density at radius 1 is 1.36 bits per heavy atom. The third-order valence-corrected chi connectivity index (χ3v) is 4.43. The Bertz CT molecular complexity index is 629. The van der Waals surface area contributed by atoms with E-state index in [4.69, 9.17) is 4.74 Å². The summed E-state index contributed by atoms with van der Waals surface area (Å²) in [6.07, 6.45) is 4.46. The topological polar surface area (TPSA) is 53.9 Å². The summed E-state index contributed by atoms with van der Waals surface area (Å²) in [6, 6.07) is 8.24. The predicted octanol–water partition coefficient (Wildman–Crippen LogP) is 2.47. The zero-order valence-electron chi connectivity index (χ0n) is 15.1. The summed E-state index contributed by atoms with van der Waals surface area (Å²) in [4.78, 5) is 17.5. The number of ether oxygens (including phenoxy) is 1. The SMILES string of the molecule is C=C/C(C)=C(\C=NC)c1ccc(C(CN2CCOCC2)NC=O)cc1. The molecule has 1 saturated heterocycles. The summed E-state index contributed by atoms with van der Waals surface area (Å²) >= 11 is 0. The molecule has 1 aliphatic heterocycles. The maximum absolute atomic E-state index is 11.0. The molecule has 0 aromatic heterocycles. The molecule has 1 atom stereocenters. The largest absolute Gasteiger partial charge is 0.379 e. The normalized spacial score (nSPS) is 17.8. The number of allylic oxidation sites excluding steroid dienone is 3. The van der Waals surface area contributed by atoms with Crippen LogP contribution in [0.15, 0.2) is 47.5 Å². The minimum absolute atomic E-state index is 0.0302. The van der Waals surface area contributed by atoms with Gasteiger partial charge in [-0.25, -0.2) is 0 Å². The van der Waals surface area contributed by atoms with Gasteiger partial charge in [-0.15, -0.1) is 0 Å². The Morgan fingerprint density at radius 2 is 2.04 bits per heavy atom. The maximum Gasteiger partial charge on any atom is 0.207 e. The van der Waals surface area contributed by atoms with Crippen LogP contribution in [0, 0.1) is 0 Å². The van der Waals surface area contributed by atoms with E-state index in [0.29, 0.717) is 0 Å². The van der Waals surface area contributed by atoms with Crippen molar-refractivity contribution in [3.63, 3.8) is 0 Å². The number of morpholine rings is 1. The van der Waals surface area contributed by atoms with Gasteiger partial charge in [-0.2, -0.15) is 0 Å². The lowest BCUT2D eigenvalue weighted by Gasteiger charge is -2.30. The minimum atomic E-state index is -0.0302. The van der Waals surface area contributed by atoms with Crippen LogP contribution >= 0.6 is 0 Å². The van der Waals surface area contributed by atoms with E-state index in [1.165, 1.54) is 0 Å². The van der Waals surface area contributed by atoms with Gasteiger partial charge < -0.3 is 10.1 Å². The molecule has 1 aliphatic rings. The number of nitrogens with zero attached hydrogens (tertiary/aromatic N) is 2. The average Bonchev–Trinajstić information content (AvgIpc) is 2.66. The number of nitrogens with one attached hydrogen (secondary N) is 1. The highest BCUT2D eigenvalue weighted by Gasteiger charge is 2.18. The van der Waals surface area contributed by atoms with Crippen LogP contribution in [0.1, 0.15) is 24.1 Å². The van der Waals surface area contributed by atoms with Crippen LogP contribution < -0.4 is 5.32 Å². The Morgan fingerprint density at radius 3 is 2.60 bits per heavy atom. The maximum atomic E-state index is 11.0. The number of benzene rings is 1. The third kappa shape index (κ3) is 5.37. The van der Waals surface area contributed by atoms with E-state index in [2.05, 4.69) is 46.1 Å². The van der Waals surface area contributed by atoms with E-state index in [1.54, 1.807) is 7.05 Å². The highest BCUT2D eigenvalue weighted by molar-refractivity contribution is 6.11. The van der Waals surface area contributed by atoms with Gasteiger partial charge in [0.1, 0.15) is 0 Å². The van der Waals surface area contributed by atoms with Gasteiger partial charge in [0.25, 0.3) is 0 Å². The van der Waals surface area contributed by atoms with E-state index in [0.717, 1.165) is 61.5 Å². The number of carbonyl (C=O) groups excluding carboxylic acids is 1. The van der Waals surface area contributed by atoms with Crippen LogP contribution in [0.2, 0.25) is 0 Å². The van der Waals surface area contributed by atoms with Gasteiger partial charge in [-0.3, -0.25) is 14.7 Å². The molecule has 5 heteroatoms. The fraction of sp³-hybridized carbons (Fsp3) is 0.400. The molecule has 5 nitrogen and oxygen atoms in total. The van der Waals surface area contributed by atoms with E-state index in [9.17, 15) is 4.79 Å². The van der Waals surface area contributed by atoms with Crippen molar-refractivity contribution in [1.29, 1.82) is 0 Å². The first-order valence-electron chi connectivity index (χ1n) is 8.55. The van der Waals surface area contributed by atoms with Crippen molar-refractivity contribution in [3.8, 4) is 0 Å². The number of amides is 1. The summed E-state index contributed by atoms with van der Waals surface area (Å²) in [5, 5.41) is 2.94. The molecular formula is C20H27N3O2. The Kier molecular flexibility index (Phi) is 7.57. The number of hydrogen-bond donors (Lipinski definition) is 1. The molecule has 1 aromatic carbocycles. The molecule has 1 unspecified atom stereocenters. The fourth-order valence-corrected chi connectivity index (χ4v) is 2.92. The van der Waals surface area contributed by atoms with E-state index in [1.807, 2.05) is 19.2 Å². The average molecular weight is 341 g/mol. The van der Waals surface area contributed by atoms with Crippen molar-refractivity contribution in [3.05, 3.63) is 53.6 Å². The summed E-state index contributed by atoms with van der Waals surface area (Å²) in [7, 11) is 1.76. The fourth-order valence-electron chi connectivity index (χ4n) is 2.92. The van der Waals surface area contributed by atoms with Gasteiger partial charge in [-0.1, -0.05) is 36.9 Å². The van der Waals surface area contributed by atoms with Crippen molar-refractivity contribution < 1.29 is 9.53 Å². The summed E-state index contributed by atoms with van der Waals surface area (Å²) in [5.41, 5.74) is 4.31. The van der Waals surface area contributed by atoms with Gasteiger partial charge >= 0.3 is 0 Å².